The van der Waals surface area contributed by atoms with Gasteiger partial charge in [-0.25, -0.2) is 4.79 Å². The summed E-state index contributed by atoms with van der Waals surface area (Å²) in [6, 6.07) is 9.28. The van der Waals surface area contributed by atoms with Crippen LogP contribution in [0.4, 0.5) is 4.79 Å². The van der Waals surface area contributed by atoms with Crippen LogP contribution in [0.5, 0.6) is 0 Å². The molecule has 0 saturated carbocycles. The summed E-state index contributed by atoms with van der Waals surface area (Å²) in [6.45, 7) is 5.45. The Morgan fingerprint density at radius 3 is 2.41 bits per heavy atom. The molecule has 1 aliphatic rings. The summed E-state index contributed by atoms with van der Waals surface area (Å²) in [4.78, 5) is 25.5. The summed E-state index contributed by atoms with van der Waals surface area (Å²) in [5.74, 6) is -0.0862. The van der Waals surface area contributed by atoms with Gasteiger partial charge < -0.3 is 20.3 Å². The largest absolute Gasteiger partial charge is 0.372 e. The third kappa shape index (κ3) is 5.04. The predicted octanol–water partition coefficient (Wildman–Crippen LogP) is 1.12. The number of carbonyl (C=O) groups is 2. The number of amides is 3. The third-order valence-corrected chi connectivity index (χ3v) is 3.47. The first kappa shape index (κ1) is 16.3. The Kier molecular flexibility index (Phi) is 5.77. The smallest absolute Gasteiger partial charge is 0.315 e. The van der Waals surface area contributed by atoms with E-state index in [0.29, 0.717) is 19.6 Å². The van der Waals surface area contributed by atoms with Crippen LogP contribution in [0.2, 0.25) is 0 Å². The number of carbonyl (C=O) groups excluding carboxylic acids is 2. The van der Waals surface area contributed by atoms with E-state index in [1.54, 1.807) is 4.90 Å². The number of ether oxygens (including phenoxy) is 1. The number of benzene rings is 1. The Bertz CT molecular complexity index is 497. The molecule has 22 heavy (non-hydrogen) atoms. The zero-order valence-electron chi connectivity index (χ0n) is 13.0. The highest BCUT2D eigenvalue weighted by molar-refractivity contribution is 5.84. The van der Waals surface area contributed by atoms with Crippen molar-refractivity contribution in [3.8, 4) is 0 Å². The number of rotatable bonds is 4. The van der Waals surface area contributed by atoms with Crippen LogP contribution in [0.25, 0.3) is 0 Å². The lowest BCUT2D eigenvalue weighted by atomic mass is 10.2. The van der Waals surface area contributed by atoms with Gasteiger partial charge in [0, 0.05) is 19.6 Å². The summed E-state index contributed by atoms with van der Waals surface area (Å²) < 4.78 is 5.59. The van der Waals surface area contributed by atoms with Crippen molar-refractivity contribution in [1.82, 2.24) is 15.5 Å². The van der Waals surface area contributed by atoms with E-state index in [0.717, 1.165) is 5.56 Å². The third-order valence-electron chi connectivity index (χ3n) is 3.47. The molecule has 6 heteroatoms. The van der Waals surface area contributed by atoms with Gasteiger partial charge in [-0.1, -0.05) is 30.3 Å². The monoisotopic (exact) mass is 305 g/mol. The molecule has 0 radical (unpaired) electrons. The van der Waals surface area contributed by atoms with E-state index in [4.69, 9.17) is 4.74 Å². The first-order valence-corrected chi connectivity index (χ1v) is 7.53. The maximum absolute atomic E-state index is 12.1. The molecule has 1 heterocycles. The molecule has 0 bridgehead atoms. The van der Waals surface area contributed by atoms with Crippen LogP contribution in [0, 0.1) is 0 Å². The molecule has 2 rings (SSSR count). The minimum absolute atomic E-state index is 0.0000625. The van der Waals surface area contributed by atoms with Gasteiger partial charge in [0.2, 0.25) is 5.91 Å². The highest BCUT2D eigenvalue weighted by Gasteiger charge is 2.25. The van der Waals surface area contributed by atoms with Gasteiger partial charge in [-0.15, -0.1) is 0 Å². The molecule has 2 atom stereocenters. The maximum Gasteiger partial charge on any atom is 0.315 e. The number of hydrogen-bond acceptors (Lipinski definition) is 3. The lowest BCUT2D eigenvalue weighted by Crippen LogP contribution is -2.51. The molecule has 3 amide bonds. The van der Waals surface area contributed by atoms with Crippen LogP contribution in [-0.2, 0) is 16.1 Å². The Labute approximate surface area is 130 Å². The van der Waals surface area contributed by atoms with E-state index < -0.39 is 0 Å². The summed E-state index contributed by atoms with van der Waals surface area (Å²) in [5.41, 5.74) is 1.01. The Morgan fingerprint density at radius 1 is 1.14 bits per heavy atom. The van der Waals surface area contributed by atoms with Gasteiger partial charge in [0.1, 0.15) is 0 Å². The normalized spacial score (nSPS) is 21.3. The molecule has 0 spiro atoms. The van der Waals surface area contributed by atoms with E-state index >= 15 is 0 Å². The number of nitrogens with zero attached hydrogens (tertiary/aromatic N) is 1. The highest BCUT2D eigenvalue weighted by atomic mass is 16.5. The van der Waals surface area contributed by atoms with Crippen LogP contribution < -0.4 is 10.6 Å². The van der Waals surface area contributed by atoms with E-state index in [-0.39, 0.29) is 30.7 Å². The average Bonchev–Trinajstić information content (AvgIpc) is 2.50. The molecule has 2 N–H and O–H groups in total. The molecule has 1 aliphatic heterocycles. The van der Waals surface area contributed by atoms with Crippen molar-refractivity contribution in [2.75, 3.05) is 19.6 Å². The van der Waals surface area contributed by atoms with E-state index in [2.05, 4.69) is 10.6 Å². The van der Waals surface area contributed by atoms with Crippen LogP contribution in [0.3, 0.4) is 0 Å². The molecule has 6 nitrogen and oxygen atoms in total. The molecule has 1 aromatic carbocycles. The van der Waals surface area contributed by atoms with Crippen molar-refractivity contribution >= 4 is 11.9 Å². The van der Waals surface area contributed by atoms with E-state index in [1.807, 2.05) is 44.2 Å². The second-order valence-corrected chi connectivity index (χ2v) is 5.58. The van der Waals surface area contributed by atoms with Crippen LogP contribution in [0.15, 0.2) is 30.3 Å². The molecule has 1 fully saturated rings. The molecule has 1 saturated heterocycles. The number of nitrogens with one attached hydrogen (secondary N) is 2. The fourth-order valence-electron chi connectivity index (χ4n) is 2.49. The summed E-state index contributed by atoms with van der Waals surface area (Å²) >= 11 is 0. The first-order valence-electron chi connectivity index (χ1n) is 7.53. The van der Waals surface area contributed by atoms with Gasteiger partial charge in [-0.3, -0.25) is 4.79 Å². The molecule has 0 aliphatic carbocycles. The molecular weight excluding hydrogens is 282 g/mol. The first-order chi connectivity index (χ1) is 10.5. The standard InChI is InChI=1S/C16H23N3O3/c1-12-10-19(11-13(2)22-12)15(20)9-18-16(21)17-8-14-6-4-3-5-7-14/h3-7,12-13H,8-11H2,1-2H3,(H2,17,18,21)/t12-,13-/m0/s1. The van der Waals surface area contributed by atoms with E-state index in [1.165, 1.54) is 0 Å². The molecule has 0 aromatic heterocycles. The Morgan fingerprint density at radius 2 is 1.77 bits per heavy atom. The highest BCUT2D eigenvalue weighted by Crippen LogP contribution is 2.10. The Balaban J connectivity index is 1.70. The van der Waals surface area contributed by atoms with Gasteiger partial charge in [-0.2, -0.15) is 0 Å². The van der Waals surface area contributed by atoms with Gasteiger partial charge in [-0.05, 0) is 19.4 Å². The second kappa shape index (κ2) is 7.79. The maximum atomic E-state index is 12.1. The SMILES string of the molecule is C[C@H]1CN(C(=O)CNC(=O)NCc2ccccc2)C[C@H](C)O1. The minimum atomic E-state index is -0.341. The van der Waals surface area contributed by atoms with Crippen molar-refractivity contribution in [1.29, 1.82) is 0 Å². The van der Waals surface area contributed by atoms with Gasteiger partial charge in [0.25, 0.3) is 0 Å². The van der Waals surface area contributed by atoms with Crippen molar-refractivity contribution in [3.05, 3.63) is 35.9 Å². The lowest BCUT2D eigenvalue weighted by molar-refractivity contribution is -0.142. The van der Waals surface area contributed by atoms with Gasteiger partial charge in [0.15, 0.2) is 0 Å². The number of urea groups is 1. The summed E-state index contributed by atoms with van der Waals surface area (Å²) in [6.07, 6.45) is 0.0548. The minimum Gasteiger partial charge on any atom is -0.372 e. The fourth-order valence-corrected chi connectivity index (χ4v) is 2.49. The predicted molar refractivity (Wildman–Crippen MR) is 83.3 cm³/mol. The zero-order chi connectivity index (χ0) is 15.9. The fraction of sp³-hybridized carbons (Fsp3) is 0.500. The van der Waals surface area contributed by atoms with Crippen molar-refractivity contribution in [3.63, 3.8) is 0 Å². The molecular formula is C16H23N3O3. The molecule has 120 valence electrons. The van der Waals surface area contributed by atoms with Crippen LogP contribution in [-0.4, -0.2) is 48.7 Å². The van der Waals surface area contributed by atoms with Crippen molar-refractivity contribution < 1.29 is 14.3 Å². The van der Waals surface area contributed by atoms with Crippen LogP contribution in [0.1, 0.15) is 19.4 Å². The summed E-state index contributed by atoms with van der Waals surface area (Å²) in [7, 11) is 0. The Hall–Kier alpha value is -2.08. The van der Waals surface area contributed by atoms with Gasteiger partial charge in [0.05, 0.1) is 18.8 Å². The molecule has 0 unspecified atom stereocenters. The average molecular weight is 305 g/mol. The van der Waals surface area contributed by atoms with Gasteiger partial charge >= 0.3 is 6.03 Å². The quantitative estimate of drug-likeness (QED) is 0.876. The topological polar surface area (TPSA) is 70.7 Å². The van der Waals surface area contributed by atoms with E-state index in [9.17, 15) is 9.59 Å². The van der Waals surface area contributed by atoms with Crippen LogP contribution >= 0.6 is 0 Å². The second-order valence-electron chi connectivity index (χ2n) is 5.58. The number of hydrogen-bond donors (Lipinski definition) is 2. The number of morpholine rings is 1. The lowest BCUT2D eigenvalue weighted by Gasteiger charge is -2.35. The zero-order valence-corrected chi connectivity index (χ0v) is 13.0. The summed E-state index contributed by atoms with van der Waals surface area (Å²) in [5, 5.41) is 5.33. The molecule has 1 aromatic rings. The van der Waals surface area contributed by atoms with Crippen molar-refractivity contribution in [2.24, 2.45) is 0 Å². The van der Waals surface area contributed by atoms with Crippen molar-refractivity contribution in [2.45, 2.75) is 32.6 Å².